The highest BCUT2D eigenvalue weighted by Crippen LogP contribution is 2.30. The van der Waals surface area contributed by atoms with Gasteiger partial charge in [0.15, 0.2) is 0 Å². The quantitative estimate of drug-likeness (QED) is 0.783. The Balaban J connectivity index is 1.97. The lowest BCUT2D eigenvalue weighted by molar-refractivity contribution is 0.0582. The molecule has 0 aromatic heterocycles. The molecule has 0 amide bonds. The number of nitrogens with two attached hydrogens (primary N) is 1. The molecule has 2 aliphatic heterocycles. The Hall–Kier alpha value is 0.270. The van der Waals surface area contributed by atoms with Crippen molar-refractivity contribution in [1.82, 2.24) is 4.90 Å². The largest absolute Gasteiger partial charge is 0.329 e. The molecule has 2 atom stereocenters. The monoisotopic (exact) mass is 228 g/mol. The molecular formula is C12H24N2S. The highest BCUT2D eigenvalue weighted by Gasteiger charge is 2.32. The topological polar surface area (TPSA) is 29.3 Å². The molecule has 3 heteroatoms. The van der Waals surface area contributed by atoms with E-state index >= 15 is 0 Å². The molecule has 2 unspecified atom stereocenters. The summed E-state index contributed by atoms with van der Waals surface area (Å²) in [5.41, 5.74) is 5.94. The average molecular weight is 228 g/mol. The smallest absolute Gasteiger partial charge is 0.0246 e. The minimum absolute atomic E-state index is 0.659. The van der Waals surface area contributed by atoms with E-state index in [0.717, 1.165) is 18.5 Å². The number of likely N-dealkylation sites (tertiary alicyclic amines) is 1. The van der Waals surface area contributed by atoms with Crippen molar-refractivity contribution >= 4 is 11.8 Å². The molecule has 2 nitrogen and oxygen atoms in total. The predicted molar refractivity (Wildman–Crippen MR) is 68.3 cm³/mol. The first-order valence-corrected chi connectivity index (χ1v) is 7.52. The van der Waals surface area contributed by atoms with Crippen molar-refractivity contribution in [3.63, 3.8) is 0 Å². The number of hydrogen-bond acceptors (Lipinski definition) is 3. The summed E-state index contributed by atoms with van der Waals surface area (Å²) >= 11 is 2.11. The van der Waals surface area contributed by atoms with Crippen LogP contribution in [-0.2, 0) is 0 Å². The van der Waals surface area contributed by atoms with Gasteiger partial charge in [0.2, 0.25) is 0 Å². The van der Waals surface area contributed by atoms with Gasteiger partial charge in [0.25, 0.3) is 0 Å². The van der Waals surface area contributed by atoms with E-state index in [0.29, 0.717) is 6.04 Å². The van der Waals surface area contributed by atoms with Crippen molar-refractivity contribution in [3.8, 4) is 0 Å². The third-order valence-corrected chi connectivity index (χ3v) is 5.11. The van der Waals surface area contributed by atoms with E-state index in [9.17, 15) is 0 Å². The standard InChI is InChI=1S/C12H24N2S/c1-10-3-2-6-14(12(10)9-13)11-4-7-15-8-5-11/h10-12H,2-9,13H2,1H3. The first-order chi connectivity index (χ1) is 7.33. The molecule has 88 valence electrons. The third kappa shape index (κ3) is 2.69. The van der Waals surface area contributed by atoms with Crippen LogP contribution in [0.3, 0.4) is 0 Å². The molecule has 0 bridgehead atoms. The maximum Gasteiger partial charge on any atom is 0.0246 e. The van der Waals surface area contributed by atoms with E-state index in [-0.39, 0.29) is 0 Å². The van der Waals surface area contributed by atoms with Crippen LogP contribution in [-0.4, -0.2) is 41.6 Å². The van der Waals surface area contributed by atoms with Gasteiger partial charge in [-0.15, -0.1) is 0 Å². The first kappa shape index (κ1) is 11.7. The zero-order valence-electron chi connectivity index (χ0n) is 9.82. The molecule has 0 aliphatic carbocycles. The second kappa shape index (κ2) is 5.55. The SMILES string of the molecule is CC1CCCN(C2CCSCC2)C1CN. The molecule has 0 spiro atoms. The van der Waals surface area contributed by atoms with Crippen molar-refractivity contribution in [3.05, 3.63) is 0 Å². The van der Waals surface area contributed by atoms with Crippen LogP contribution in [0, 0.1) is 5.92 Å². The predicted octanol–water partition coefficient (Wildman–Crippen LogP) is 1.94. The Kier molecular flexibility index (Phi) is 4.35. The Morgan fingerprint density at radius 3 is 2.67 bits per heavy atom. The second-order valence-electron chi connectivity index (χ2n) is 5.00. The van der Waals surface area contributed by atoms with Crippen LogP contribution in [0.2, 0.25) is 0 Å². The van der Waals surface area contributed by atoms with Gasteiger partial charge in [0.05, 0.1) is 0 Å². The van der Waals surface area contributed by atoms with E-state index in [1.165, 1.54) is 43.7 Å². The fraction of sp³-hybridized carbons (Fsp3) is 1.00. The van der Waals surface area contributed by atoms with Crippen LogP contribution in [0.1, 0.15) is 32.6 Å². The third-order valence-electron chi connectivity index (χ3n) is 4.06. The van der Waals surface area contributed by atoms with Crippen molar-refractivity contribution < 1.29 is 0 Å². The maximum atomic E-state index is 5.94. The Bertz CT molecular complexity index is 192. The Labute approximate surface area is 98.0 Å². The number of nitrogens with zero attached hydrogens (tertiary/aromatic N) is 1. The summed E-state index contributed by atoms with van der Waals surface area (Å²) in [5.74, 6) is 3.51. The van der Waals surface area contributed by atoms with E-state index in [2.05, 4.69) is 23.6 Å². The summed E-state index contributed by atoms with van der Waals surface area (Å²) in [6.07, 6.45) is 5.52. The summed E-state index contributed by atoms with van der Waals surface area (Å²) in [7, 11) is 0. The normalized spacial score (nSPS) is 35.6. The first-order valence-electron chi connectivity index (χ1n) is 6.36. The number of piperidine rings is 1. The van der Waals surface area contributed by atoms with Crippen molar-refractivity contribution in [2.45, 2.75) is 44.7 Å². The maximum absolute atomic E-state index is 5.94. The van der Waals surface area contributed by atoms with E-state index < -0.39 is 0 Å². The van der Waals surface area contributed by atoms with E-state index in [1.54, 1.807) is 0 Å². The minimum Gasteiger partial charge on any atom is -0.329 e. The van der Waals surface area contributed by atoms with Gasteiger partial charge in [-0.25, -0.2) is 0 Å². The second-order valence-corrected chi connectivity index (χ2v) is 6.23. The van der Waals surface area contributed by atoms with Crippen LogP contribution in [0.25, 0.3) is 0 Å². The van der Waals surface area contributed by atoms with Gasteiger partial charge >= 0.3 is 0 Å². The lowest BCUT2D eigenvalue weighted by Gasteiger charge is -2.45. The van der Waals surface area contributed by atoms with Crippen molar-refractivity contribution in [2.75, 3.05) is 24.6 Å². The van der Waals surface area contributed by atoms with Gasteiger partial charge in [-0.3, -0.25) is 4.90 Å². The molecule has 2 N–H and O–H groups in total. The molecule has 0 radical (unpaired) electrons. The van der Waals surface area contributed by atoms with E-state index in [1.807, 2.05) is 0 Å². The summed E-state index contributed by atoms with van der Waals surface area (Å²) in [4.78, 5) is 2.73. The number of rotatable bonds is 2. The summed E-state index contributed by atoms with van der Waals surface area (Å²) < 4.78 is 0. The minimum atomic E-state index is 0.659. The number of thioether (sulfide) groups is 1. The summed E-state index contributed by atoms with van der Waals surface area (Å²) in [6, 6.07) is 1.49. The van der Waals surface area contributed by atoms with Gasteiger partial charge in [0.1, 0.15) is 0 Å². The van der Waals surface area contributed by atoms with Gasteiger partial charge in [0, 0.05) is 18.6 Å². The van der Waals surface area contributed by atoms with Gasteiger partial charge in [-0.1, -0.05) is 6.92 Å². The van der Waals surface area contributed by atoms with Crippen LogP contribution in [0.5, 0.6) is 0 Å². The van der Waals surface area contributed by atoms with Gasteiger partial charge in [-0.2, -0.15) is 11.8 Å². The lowest BCUT2D eigenvalue weighted by atomic mass is 9.88. The highest BCUT2D eigenvalue weighted by molar-refractivity contribution is 7.99. The molecule has 2 saturated heterocycles. The van der Waals surface area contributed by atoms with E-state index in [4.69, 9.17) is 5.73 Å². The van der Waals surface area contributed by atoms with Crippen LogP contribution < -0.4 is 5.73 Å². The van der Waals surface area contributed by atoms with Gasteiger partial charge < -0.3 is 5.73 Å². The van der Waals surface area contributed by atoms with Crippen LogP contribution >= 0.6 is 11.8 Å². The highest BCUT2D eigenvalue weighted by atomic mass is 32.2. The average Bonchev–Trinajstić information content (AvgIpc) is 2.30. The zero-order valence-corrected chi connectivity index (χ0v) is 10.6. The molecule has 2 aliphatic rings. The fourth-order valence-corrected chi connectivity index (χ4v) is 4.20. The molecule has 2 rings (SSSR count). The summed E-state index contributed by atoms with van der Waals surface area (Å²) in [6.45, 7) is 4.52. The Morgan fingerprint density at radius 2 is 2.00 bits per heavy atom. The van der Waals surface area contributed by atoms with Crippen molar-refractivity contribution in [1.29, 1.82) is 0 Å². The Morgan fingerprint density at radius 1 is 1.27 bits per heavy atom. The fourth-order valence-electron chi connectivity index (χ4n) is 3.12. The van der Waals surface area contributed by atoms with Crippen molar-refractivity contribution in [2.24, 2.45) is 11.7 Å². The molecular weight excluding hydrogens is 204 g/mol. The van der Waals surface area contributed by atoms with Gasteiger partial charge in [-0.05, 0) is 49.7 Å². The molecule has 2 heterocycles. The molecule has 2 fully saturated rings. The molecule has 15 heavy (non-hydrogen) atoms. The summed E-state index contributed by atoms with van der Waals surface area (Å²) in [5, 5.41) is 0. The van der Waals surface area contributed by atoms with Crippen LogP contribution in [0.15, 0.2) is 0 Å². The lowest BCUT2D eigenvalue weighted by Crippen LogP contribution is -2.53. The molecule has 0 saturated carbocycles. The van der Waals surface area contributed by atoms with Crippen LogP contribution in [0.4, 0.5) is 0 Å². The number of hydrogen-bond donors (Lipinski definition) is 1. The molecule has 0 aromatic rings. The molecule has 0 aromatic carbocycles. The zero-order chi connectivity index (χ0) is 10.7.